The van der Waals surface area contributed by atoms with Crippen LogP contribution in [0, 0.1) is 0 Å². The maximum absolute atomic E-state index is 8.77. The number of aliphatic hydroxyl groups is 1. The first-order valence-electron chi connectivity index (χ1n) is 6.49. The van der Waals surface area contributed by atoms with E-state index in [9.17, 15) is 0 Å². The summed E-state index contributed by atoms with van der Waals surface area (Å²) in [6.07, 6.45) is 4.56. The lowest BCUT2D eigenvalue weighted by atomic mass is 10.1. The zero-order valence-corrected chi connectivity index (χ0v) is 10.3. The summed E-state index contributed by atoms with van der Waals surface area (Å²) in [5.41, 5.74) is 1.20. The molecule has 94 valence electrons. The van der Waals surface area contributed by atoms with Crippen molar-refractivity contribution in [2.45, 2.75) is 25.7 Å². The van der Waals surface area contributed by atoms with Crippen molar-refractivity contribution < 1.29 is 9.84 Å². The van der Waals surface area contributed by atoms with Gasteiger partial charge in [-0.25, -0.2) is 0 Å². The molecular formula is C14H21NO2. The van der Waals surface area contributed by atoms with Gasteiger partial charge in [-0.3, -0.25) is 0 Å². The van der Waals surface area contributed by atoms with E-state index in [1.165, 1.54) is 24.9 Å². The van der Waals surface area contributed by atoms with Crippen molar-refractivity contribution in [3.05, 3.63) is 24.3 Å². The predicted octanol–water partition coefficient (Wildman–Crippen LogP) is 2.44. The second kappa shape index (κ2) is 6.50. The van der Waals surface area contributed by atoms with Crippen LogP contribution in [-0.4, -0.2) is 31.4 Å². The van der Waals surface area contributed by atoms with Crippen LogP contribution in [0.1, 0.15) is 25.7 Å². The van der Waals surface area contributed by atoms with Crippen LogP contribution in [-0.2, 0) is 0 Å². The van der Waals surface area contributed by atoms with E-state index in [-0.39, 0.29) is 6.61 Å². The molecule has 0 unspecified atom stereocenters. The second-order valence-corrected chi connectivity index (χ2v) is 4.44. The molecule has 0 saturated carbocycles. The van der Waals surface area contributed by atoms with Crippen LogP contribution in [0.5, 0.6) is 5.75 Å². The maximum atomic E-state index is 8.77. The van der Waals surface area contributed by atoms with Gasteiger partial charge >= 0.3 is 0 Å². The van der Waals surface area contributed by atoms with E-state index >= 15 is 0 Å². The van der Waals surface area contributed by atoms with Gasteiger partial charge in [0.05, 0.1) is 12.3 Å². The minimum absolute atomic E-state index is 0.186. The van der Waals surface area contributed by atoms with Gasteiger partial charge in [0.2, 0.25) is 0 Å². The van der Waals surface area contributed by atoms with E-state index in [1.807, 2.05) is 12.1 Å². The zero-order chi connectivity index (χ0) is 11.9. The van der Waals surface area contributed by atoms with Crippen LogP contribution in [0.3, 0.4) is 0 Å². The molecule has 0 spiro atoms. The number of ether oxygens (including phenoxy) is 1. The zero-order valence-electron chi connectivity index (χ0n) is 10.3. The minimum atomic E-state index is 0.186. The third kappa shape index (κ3) is 3.37. The van der Waals surface area contributed by atoms with Crippen molar-refractivity contribution in [3.8, 4) is 5.75 Å². The molecule has 1 heterocycles. The Morgan fingerprint density at radius 3 is 2.65 bits per heavy atom. The molecule has 1 aliphatic rings. The standard InChI is InChI=1S/C14H21NO2/c16-11-6-12-17-14-8-3-2-7-13(14)15-9-4-1-5-10-15/h2-3,7-8,16H,1,4-6,9-12H2. The maximum Gasteiger partial charge on any atom is 0.142 e. The summed E-state index contributed by atoms with van der Waals surface area (Å²) in [7, 11) is 0. The van der Waals surface area contributed by atoms with Crippen LogP contribution >= 0.6 is 0 Å². The number of benzene rings is 1. The lowest BCUT2D eigenvalue weighted by molar-refractivity contribution is 0.233. The van der Waals surface area contributed by atoms with Gasteiger partial charge in [-0.15, -0.1) is 0 Å². The molecule has 0 amide bonds. The van der Waals surface area contributed by atoms with Crippen LogP contribution in [0.4, 0.5) is 5.69 Å². The van der Waals surface area contributed by atoms with Gasteiger partial charge < -0.3 is 14.7 Å². The predicted molar refractivity (Wildman–Crippen MR) is 69.7 cm³/mol. The third-order valence-electron chi connectivity index (χ3n) is 3.12. The van der Waals surface area contributed by atoms with E-state index in [0.29, 0.717) is 13.0 Å². The number of piperidine rings is 1. The van der Waals surface area contributed by atoms with Gasteiger partial charge in [0, 0.05) is 26.1 Å². The highest BCUT2D eigenvalue weighted by atomic mass is 16.5. The van der Waals surface area contributed by atoms with Crippen molar-refractivity contribution in [1.29, 1.82) is 0 Å². The Morgan fingerprint density at radius 2 is 1.88 bits per heavy atom. The number of rotatable bonds is 5. The van der Waals surface area contributed by atoms with Crippen molar-refractivity contribution in [1.82, 2.24) is 0 Å². The Balaban J connectivity index is 2.03. The first-order chi connectivity index (χ1) is 8.42. The summed E-state index contributed by atoms with van der Waals surface area (Å²) in [4.78, 5) is 2.40. The number of para-hydroxylation sites is 2. The molecule has 17 heavy (non-hydrogen) atoms. The van der Waals surface area contributed by atoms with E-state index in [1.54, 1.807) is 0 Å². The molecule has 0 aliphatic carbocycles. The largest absolute Gasteiger partial charge is 0.491 e. The summed E-state index contributed by atoms with van der Waals surface area (Å²) < 4.78 is 5.73. The monoisotopic (exact) mass is 235 g/mol. The van der Waals surface area contributed by atoms with Crippen molar-refractivity contribution in [2.75, 3.05) is 31.2 Å². The first kappa shape index (κ1) is 12.2. The average Bonchev–Trinajstić information content (AvgIpc) is 2.41. The van der Waals surface area contributed by atoms with Gasteiger partial charge in [0.15, 0.2) is 0 Å². The van der Waals surface area contributed by atoms with E-state index in [2.05, 4.69) is 17.0 Å². The van der Waals surface area contributed by atoms with Crippen LogP contribution in [0.25, 0.3) is 0 Å². The highest BCUT2D eigenvalue weighted by Crippen LogP contribution is 2.30. The molecule has 1 fully saturated rings. The Morgan fingerprint density at radius 1 is 1.12 bits per heavy atom. The topological polar surface area (TPSA) is 32.7 Å². The highest BCUT2D eigenvalue weighted by Gasteiger charge is 2.14. The molecule has 3 nitrogen and oxygen atoms in total. The molecule has 3 heteroatoms. The van der Waals surface area contributed by atoms with Gasteiger partial charge in [0.1, 0.15) is 5.75 Å². The number of nitrogens with zero attached hydrogens (tertiary/aromatic N) is 1. The lowest BCUT2D eigenvalue weighted by Gasteiger charge is -2.30. The van der Waals surface area contributed by atoms with Crippen LogP contribution in [0.15, 0.2) is 24.3 Å². The van der Waals surface area contributed by atoms with E-state index in [0.717, 1.165) is 18.8 Å². The molecule has 0 atom stereocenters. The van der Waals surface area contributed by atoms with E-state index in [4.69, 9.17) is 9.84 Å². The molecule has 1 N–H and O–H groups in total. The lowest BCUT2D eigenvalue weighted by Crippen LogP contribution is -2.29. The number of anilines is 1. The van der Waals surface area contributed by atoms with Crippen molar-refractivity contribution in [3.63, 3.8) is 0 Å². The third-order valence-corrected chi connectivity index (χ3v) is 3.12. The average molecular weight is 235 g/mol. The van der Waals surface area contributed by atoms with Gasteiger partial charge in [-0.05, 0) is 31.4 Å². The Kier molecular flexibility index (Phi) is 4.68. The smallest absolute Gasteiger partial charge is 0.142 e. The Bertz CT molecular complexity index is 335. The fourth-order valence-electron chi connectivity index (χ4n) is 2.22. The normalized spacial score (nSPS) is 15.9. The van der Waals surface area contributed by atoms with Gasteiger partial charge in [-0.2, -0.15) is 0 Å². The fourth-order valence-corrected chi connectivity index (χ4v) is 2.22. The molecule has 1 aromatic rings. The van der Waals surface area contributed by atoms with Gasteiger partial charge in [-0.1, -0.05) is 12.1 Å². The number of hydrogen-bond donors (Lipinski definition) is 1. The summed E-state index contributed by atoms with van der Waals surface area (Å²) in [5, 5.41) is 8.77. The summed E-state index contributed by atoms with van der Waals surface area (Å²) in [5.74, 6) is 0.947. The van der Waals surface area contributed by atoms with Crippen molar-refractivity contribution >= 4 is 5.69 Å². The Hall–Kier alpha value is -1.22. The first-order valence-corrected chi connectivity index (χ1v) is 6.49. The summed E-state index contributed by atoms with van der Waals surface area (Å²) >= 11 is 0. The van der Waals surface area contributed by atoms with Gasteiger partial charge in [0.25, 0.3) is 0 Å². The molecule has 0 radical (unpaired) electrons. The van der Waals surface area contributed by atoms with Crippen LogP contribution < -0.4 is 9.64 Å². The molecule has 1 aromatic carbocycles. The number of hydrogen-bond acceptors (Lipinski definition) is 3. The number of aliphatic hydroxyl groups excluding tert-OH is 1. The molecule has 1 saturated heterocycles. The van der Waals surface area contributed by atoms with E-state index < -0.39 is 0 Å². The molecule has 0 aromatic heterocycles. The van der Waals surface area contributed by atoms with Crippen LogP contribution in [0.2, 0.25) is 0 Å². The molecular weight excluding hydrogens is 214 g/mol. The SMILES string of the molecule is OCCCOc1ccccc1N1CCCCC1. The Labute approximate surface area is 103 Å². The molecule has 1 aliphatic heterocycles. The second-order valence-electron chi connectivity index (χ2n) is 4.44. The summed E-state index contributed by atoms with van der Waals surface area (Å²) in [6.45, 7) is 3.02. The highest BCUT2D eigenvalue weighted by molar-refractivity contribution is 5.58. The molecule has 0 bridgehead atoms. The fraction of sp³-hybridized carbons (Fsp3) is 0.571. The minimum Gasteiger partial charge on any atom is -0.491 e. The summed E-state index contributed by atoms with van der Waals surface area (Å²) in [6, 6.07) is 8.20. The molecule has 2 rings (SSSR count). The van der Waals surface area contributed by atoms with Crippen molar-refractivity contribution in [2.24, 2.45) is 0 Å². The quantitative estimate of drug-likeness (QED) is 0.796.